The van der Waals surface area contributed by atoms with E-state index in [9.17, 15) is 19.8 Å². The minimum Gasteiger partial charge on any atom is -0.466 e. The molecule has 6 nitrogen and oxygen atoms in total. The Kier molecular flexibility index (Phi) is 63.0. The first-order chi connectivity index (χ1) is 37.5. The molecule has 0 bridgehead atoms. The number of hydrogen-bond acceptors (Lipinski definition) is 5. The number of esters is 1. The molecule has 0 aromatic rings. The molecule has 0 saturated carbocycles. The minimum atomic E-state index is -0.854. The average molecular weight is 1060 g/mol. The van der Waals surface area contributed by atoms with Crippen LogP contribution in [0.25, 0.3) is 0 Å². The lowest BCUT2D eigenvalue weighted by atomic mass is 10.0. The Hall–Kier alpha value is -2.44. The molecule has 0 aromatic heterocycles. The SMILES string of the molecule is CCCCC/C=C\C/C=C\CCCCCCCCCC(=O)OCCCCC/C=C\C=C/CCCCCCCCCCCCC(=O)NC(CO)C(O)/C=C/CCCCCCCCCCCCCCCCCCCCCCC. The number of carbonyl (C=O) groups is 2. The third kappa shape index (κ3) is 60.8. The number of allylic oxidation sites excluding steroid dienone is 9. The molecule has 0 saturated heterocycles. The van der Waals surface area contributed by atoms with Gasteiger partial charge in [0.2, 0.25) is 5.91 Å². The molecule has 6 heteroatoms. The summed E-state index contributed by atoms with van der Waals surface area (Å²) in [5.74, 6) is -0.0978. The number of rotatable bonds is 62. The summed E-state index contributed by atoms with van der Waals surface area (Å²) in [5.41, 5.74) is 0. The summed E-state index contributed by atoms with van der Waals surface area (Å²) < 4.78 is 5.46. The van der Waals surface area contributed by atoms with Crippen molar-refractivity contribution in [2.45, 2.75) is 360 Å². The fraction of sp³-hybridized carbons (Fsp3) is 0.829. The summed E-state index contributed by atoms with van der Waals surface area (Å²) in [5, 5.41) is 23.2. The van der Waals surface area contributed by atoms with Crippen LogP contribution in [-0.2, 0) is 14.3 Å². The maximum absolute atomic E-state index is 12.5. The van der Waals surface area contributed by atoms with Crippen LogP contribution < -0.4 is 5.32 Å². The van der Waals surface area contributed by atoms with Gasteiger partial charge in [-0.15, -0.1) is 0 Å². The number of carbonyl (C=O) groups excluding carboxylic acids is 2. The number of nitrogens with one attached hydrogen (secondary N) is 1. The molecular formula is C70H129NO5. The molecule has 76 heavy (non-hydrogen) atoms. The van der Waals surface area contributed by atoms with Crippen LogP contribution in [0.2, 0.25) is 0 Å². The van der Waals surface area contributed by atoms with Gasteiger partial charge in [0.25, 0.3) is 0 Å². The Morgan fingerprint density at radius 2 is 0.697 bits per heavy atom. The molecule has 0 spiro atoms. The lowest BCUT2D eigenvalue weighted by molar-refractivity contribution is -0.143. The molecular weight excluding hydrogens is 935 g/mol. The van der Waals surface area contributed by atoms with Gasteiger partial charge in [0.1, 0.15) is 0 Å². The van der Waals surface area contributed by atoms with Gasteiger partial charge in [0.05, 0.1) is 25.4 Å². The van der Waals surface area contributed by atoms with E-state index in [-0.39, 0.29) is 18.5 Å². The maximum Gasteiger partial charge on any atom is 0.305 e. The molecule has 0 aliphatic heterocycles. The fourth-order valence-electron chi connectivity index (χ4n) is 10.1. The van der Waals surface area contributed by atoms with Gasteiger partial charge in [-0.1, -0.05) is 299 Å². The topological polar surface area (TPSA) is 95.9 Å². The van der Waals surface area contributed by atoms with E-state index >= 15 is 0 Å². The van der Waals surface area contributed by atoms with Crippen LogP contribution in [0.5, 0.6) is 0 Å². The summed E-state index contributed by atoms with van der Waals surface area (Å²) in [6, 6.07) is -0.639. The summed E-state index contributed by atoms with van der Waals surface area (Å²) in [7, 11) is 0. The second-order valence-electron chi connectivity index (χ2n) is 22.8. The quantitative estimate of drug-likeness (QED) is 0.0244. The van der Waals surface area contributed by atoms with Crippen LogP contribution in [0.4, 0.5) is 0 Å². The Morgan fingerprint density at radius 1 is 0.382 bits per heavy atom. The summed E-state index contributed by atoms with van der Waals surface area (Å²) in [6.45, 7) is 4.85. The van der Waals surface area contributed by atoms with Crippen LogP contribution in [-0.4, -0.2) is 47.4 Å². The maximum atomic E-state index is 12.5. The highest BCUT2D eigenvalue weighted by Gasteiger charge is 2.18. The van der Waals surface area contributed by atoms with Gasteiger partial charge in [-0.3, -0.25) is 9.59 Å². The van der Waals surface area contributed by atoms with Gasteiger partial charge in [-0.2, -0.15) is 0 Å². The van der Waals surface area contributed by atoms with E-state index in [4.69, 9.17) is 4.74 Å². The zero-order valence-corrected chi connectivity index (χ0v) is 50.7. The van der Waals surface area contributed by atoms with Crippen LogP contribution in [0.3, 0.4) is 0 Å². The van der Waals surface area contributed by atoms with E-state index in [2.05, 4.69) is 67.8 Å². The van der Waals surface area contributed by atoms with Crippen molar-refractivity contribution in [2.75, 3.05) is 13.2 Å². The molecule has 0 radical (unpaired) electrons. The van der Waals surface area contributed by atoms with Crippen molar-refractivity contribution in [3.05, 3.63) is 60.8 Å². The lowest BCUT2D eigenvalue weighted by Crippen LogP contribution is -2.45. The third-order valence-electron chi connectivity index (χ3n) is 15.3. The van der Waals surface area contributed by atoms with Crippen molar-refractivity contribution in [3.63, 3.8) is 0 Å². The second kappa shape index (κ2) is 65.1. The van der Waals surface area contributed by atoms with Crippen molar-refractivity contribution < 1.29 is 24.5 Å². The minimum absolute atomic E-state index is 0.0219. The lowest BCUT2D eigenvalue weighted by Gasteiger charge is -2.20. The summed E-state index contributed by atoms with van der Waals surface area (Å²) in [6.07, 6.45) is 85.6. The van der Waals surface area contributed by atoms with Gasteiger partial charge < -0.3 is 20.3 Å². The van der Waals surface area contributed by atoms with E-state index in [1.807, 2.05) is 6.08 Å². The molecule has 0 fully saturated rings. The number of ether oxygens (including phenoxy) is 1. The Labute approximate surface area is 473 Å². The van der Waals surface area contributed by atoms with Gasteiger partial charge in [-0.05, 0) is 96.3 Å². The number of hydrogen-bond donors (Lipinski definition) is 3. The zero-order valence-electron chi connectivity index (χ0n) is 50.7. The average Bonchev–Trinajstić information content (AvgIpc) is 3.42. The van der Waals surface area contributed by atoms with Crippen molar-refractivity contribution >= 4 is 11.9 Å². The fourth-order valence-corrected chi connectivity index (χ4v) is 10.1. The zero-order chi connectivity index (χ0) is 55.0. The molecule has 0 heterocycles. The third-order valence-corrected chi connectivity index (χ3v) is 15.3. The van der Waals surface area contributed by atoms with Crippen molar-refractivity contribution in [1.82, 2.24) is 5.32 Å². The normalized spacial score (nSPS) is 12.9. The summed E-state index contributed by atoms with van der Waals surface area (Å²) in [4.78, 5) is 24.6. The van der Waals surface area contributed by atoms with Crippen LogP contribution in [0.1, 0.15) is 348 Å². The van der Waals surface area contributed by atoms with Crippen LogP contribution >= 0.6 is 0 Å². The van der Waals surface area contributed by atoms with E-state index in [1.165, 1.54) is 238 Å². The van der Waals surface area contributed by atoms with Crippen molar-refractivity contribution in [3.8, 4) is 0 Å². The Morgan fingerprint density at radius 3 is 1.11 bits per heavy atom. The molecule has 1 amide bonds. The molecule has 2 unspecified atom stereocenters. The van der Waals surface area contributed by atoms with Gasteiger partial charge in [-0.25, -0.2) is 0 Å². The molecule has 2 atom stereocenters. The predicted octanol–water partition coefficient (Wildman–Crippen LogP) is 21.5. The first kappa shape index (κ1) is 73.6. The van der Waals surface area contributed by atoms with Crippen molar-refractivity contribution in [2.24, 2.45) is 0 Å². The molecule has 444 valence electrons. The number of aliphatic hydroxyl groups excluding tert-OH is 2. The van der Waals surface area contributed by atoms with Gasteiger partial charge in [0, 0.05) is 12.8 Å². The second-order valence-corrected chi connectivity index (χ2v) is 22.8. The molecule has 3 N–H and O–H groups in total. The first-order valence-corrected chi connectivity index (χ1v) is 33.6. The van der Waals surface area contributed by atoms with Crippen molar-refractivity contribution in [1.29, 1.82) is 0 Å². The molecule has 0 aliphatic carbocycles. The highest BCUT2D eigenvalue weighted by molar-refractivity contribution is 5.76. The Balaban J connectivity index is 3.50. The number of aliphatic hydroxyl groups is 2. The number of amides is 1. The van der Waals surface area contributed by atoms with E-state index < -0.39 is 12.1 Å². The first-order valence-electron chi connectivity index (χ1n) is 33.6. The molecule has 0 aromatic carbocycles. The summed E-state index contributed by atoms with van der Waals surface area (Å²) >= 11 is 0. The monoisotopic (exact) mass is 1060 g/mol. The highest BCUT2D eigenvalue weighted by atomic mass is 16.5. The van der Waals surface area contributed by atoms with Gasteiger partial charge in [0.15, 0.2) is 0 Å². The van der Waals surface area contributed by atoms with Crippen LogP contribution in [0.15, 0.2) is 60.8 Å². The molecule has 0 rings (SSSR count). The standard InChI is InChI=1S/C70H129NO5/c1-3-5-7-9-11-13-15-17-19-21-22-23-24-25-27-31-34-38-42-46-50-54-58-62-68(73)67(66-72)71-69(74)63-59-55-51-47-43-39-35-32-28-26-29-33-37-41-45-49-53-57-61-65-76-70(75)64-60-56-52-48-44-40-36-30-20-18-16-14-12-10-8-6-4-2/h12,14,18,20,33,37,41,45,58,62,67-68,72-73H,3-11,13,15-17,19,21-32,34-36,38-40,42-44,46-57,59-61,63-66H2,1-2H3,(H,71,74)/b14-12-,20-18-,37-33-,45-41-,62-58+. The smallest absolute Gasteiger partial charge is 0.305 e. The largest absolute Gasteiger partial charge is 0.466 e. The molecule has 0 aliphatic rings. The van der Waals surface area contributed by atoms with E-state index in [1.54, 1.807) is 6.08 Å². The van der Waals surface area contributed by atoms with Crippen LogP contribution in [0, 0.1) is 0 Å². The predicted molar refractivity (Wildman–Crippen MR) is 333 cm³/mol. The van der Waals surface area contributed by atoms with E-state index in [0.717, 1.165) is 83.5 Å². The number of unbranched alkanes of at least 4 members (excludes halogenated alkanes) is 44. The Bertz CT molecular complexity index is 1320. The van der Waals surface area contributed by atoms with E-state index in [0.29, 0.717) is 19.4 Å². The van der Waals surface area contributed by atoms with Gasteiger partial charge >= 0.3 is 5.97 Å². The highest BCUT2D eigenvalue weighted by Crippen LogP contribution is 2.17.